The normalized spacial score (nSPS) is 17.7. The lowest BCUT2D eigenvalue weighted by atomic mass is 9.97. The van der Waals surface area contributed by atoms with Gasteiger partial charge in [0, 0.05) is 31.9 Å². The standard InChI is InChI=1S/C27H28FN5O2/c28-19-10-12-20(13-11-19)32-14-16-33(17-15-32)26-25(30-23-8-4-5-9-24(23)31-26)22(18-29)27(34)35-21-6-2-1-3-7-21/h4-5,8-13,21-22H,1-3,6-7,14-17H2/t22-/m0/s1. The first-order valence-electron chi connectivity index (χ1n) is 12.2. The number of fused-ring (bicyclic) bond motifs is 1. The van der Waals surface area contributed by atoms with E-state index in [0.717, 1.165) is 37.8 Å². The van der Waals surface area contributed by atoms with Gasteiger partial charge in [0.1, 0.15) is 17.6 Å². The third kappa shape index (κ3) is 5.04. The van der Waals surface area contributed by atoms with Crippen molar-refractivity contribution < 1.29 is 13.9 Å². The molecule has 1 aromatic heterocycles. The van der Waals surface area contributed by atoms with Gasteiger partial charge in [0.05, 0.1) is 17.1 Å². The van der Waals surface area contributed by atoms with Crippen LogP contribution in [0.3, 0.4) is 0 Å². The molecule has 0 unspecified atom stereocenters. The molecule has 1 saturated carbocycles. The average molecular weight is 474 g/mol. The van der Waals surface area contributed by atoms with E-state index in [9.17, 15) is 14.4 Å². The molecule has 1 aliphatic carbocycles. The average Bonchev–Trinajstić information content (AvgIpc) is 2.90. The van der Waals surface area contributed by atoms with Crippen LogP contribution >= 0.6 is 0 Å². The minimum absolute atomic E-state index is 0.136. The maximum absolute atomic E-state index is 13.3. The van der Waals surface area contributed by atoms with Crippen molar-refractivity contribution in [3.05, 3.63) is 60.0 Å². The van der Waals surface area contributed by atoms with Crippen LogP contribution in [-0.2, 0) is 9.53 Å². The molecule has 0 amide bonds. The number of piperazine rings is 1. The highest BCUT2D eigenvalue weighted by Gasteiger charge is 2.33. The Hall–Kier alpha value is -3.73. The molecule has 0 spiro atoms. The van der Waals surface area contributed by atoms with E-state index in [-0.39, 0.29) is 11.9 Å². The van der Waals surface area contributed by atoms with Crippen LogP contribution in [-0.4, -0.2) is 48.2 Å². The Bertz CT molecular complexity index is 1230. The number of hydrogen-bond donors (Lipinski definition) is 0. The van der Waals surface area contributed by atoms with Crippen molar-refractivity contribution in [1.82, 2.24) is 9.97 Å². The van der Waals surface area contributed by atoms with Crippen molar-refractivity contribution in [3.8, 4) is 6.07 Å². The smallest absolute Gasteiger partial charge is 0.329 e. The van der Waals surface area contributed by atoms with Crippen LogP contribution in [0.5, 0.6) is 0 Å². The molecule has 0 N–H and O–H groups in total. The van der Waals surface area contributed by atoms with Crippen LogP contribution in [0.15, 0.2) is 48.5 Å². The number of halogens is 1. The maximum atomic E-state index is 13.3. The predicted molar refractivity (Wildman–Crippen MR) is 132 cm³/mol. The molecule has 1 atom stereocenters. The second-order valence-corrected chi connectivity index (χ2v) is 9.13. The Morgan fingerprint density at radius 1 is 0.943 bits per heavy atom. The molecule has 2 aliphatic rings. The SMILES string of the molecule is N#C[C@H](C(=O)OC1CCCCC1)c1nc2ccccc2nc1N1CCN(c2ccc(F)cc2)CC1. The van der Waals surface area contributed by atoms with Gasteiger partial charge in [-0.2, -0.15) is 5.26 Å². The molecule has 8 heteroatoms. The fourth-order valence-electron chi connectivity index (χ4n) is 4.90. The molecule has 1 saturated heterocycles. The van der Waals surface area contributed by atoms with Crippen molar-refractivity contribution in [2.45, 2.75) is 44.1 Å². The van der Waals surface area contributed by atoms with E-state index >= 15 is 0 Å². The Labute approximate surface area is 204 Å². The quantitative estimate of drug-likeness (QED) is 0.502. The topological polar surface area (TPSA) is 82.3 Å². The number of hydrogen-bond acceptors (Lipinski definition) is 7. The molecule has 35 heavy (non-hydrogen) atoms. The summed E-state index contributed by atoms with van der Waals surface area (Å²) in [4.78, 5) is 27.0. The lowest BCUT2D eigenvalue weighted by Gasteiger charge is -2.37. The molecule has 7 nitrogen and oxygen atoms in total. The first kappa shape index (κ1) is 23.0. The molecule has 2 heterocycles. The lowest BCUT2D eigenvalue weighted by molar-refractivity contribution is -0.150. The lowest BCUT2D eigenvalue weighted by Crippen LogP contribution is -2.47. The van der Waals surface area contributed by atoms with Gasteiger partial charge in [-0.15, -0.1) is 0 Å². The molecule has 3 aromatic rings. The summed E-state index contributed by atoms with van der Waals surface area (Å²) in [6.07, 6.45) is 4.77. The van der Waals surface area contributed by atoms with E-state index < -0.39 is 11.9 Å². The van der Waals surface area contributed by atoms with Crippen LogP contribution in [0.2, 0.25) is 0 Å². The van der Waals surface area contributed by atoms with Crippen LogP contribution in [0.25, 0.3) is 11.0 Å². The molecular formula is C27H28FN5O2. The monoisotopic (exact) mass is 473 g/mol. The number of benzene rings is 2. The van der Waals surface area contributed by atoms with E-state index in [1.165, 1.54) is 12.1 Å². The summed E-state index contributed by atoms with van der Waals surface area (Å²) in [7, 11) is 0. The zero-order chi connectivity index (χ0) is 24.2. The maximum Gasteiger partial charge on any atom is 0.329 e. The van der Waals surface area contributed by atoms with Gasteiger partial charge in [-0.05, 0) is 62.1 Å². The van der Waals surface area contributed by atoms with E-state index in [4.69, 9.17) is 14.7 Å². The number of para-hydroxylation sites is 2. The van der Waals surface area contributed by atoms with Gasteiger partial charge in [-0.1, -0.05) is 18.6 Å². The highest BCUT2D eigenvalue weighted by atomic mass is 19.1. The number of ether oxygens (including phenoxy) is 1. The fourth-order valence-corrected chi connectivity index (χ4v) is 4.90. The summed E-state index contributed by atoms with van der Waals surface area (Å²) < 4.78 is 19.1. The van der Waals surface area contributed by atoms with E-state index in [2.05, 4.69) is 15.9 Å². The summed E-state index contributed by atoms with van der Waals surface area (Å²) >= 11 is 0. The van der Waals surface area contributed by atoms with Gasteiger partial charge in [0.25, 0.3) is 0 Å². The largest absolute Gasteiger partial charge is 0.461 e. The second-order valence-electron chi connectivity index (χ2n) is 9.13. The number of rotatable bonds is 5. The van der Waals surface area contributed by atoms with Gasteiger partial charge in [0.15, 0.2) is 11.7 Å². The third-order valence-corrected chi connectivity index (χ3v) is 6.82. The number of carbonyl (C=O) groups is 1. The third-order valence-electron chi connectivity index (χ3n) is 6.82. The minimum atomic E-state index is -1.14. The van der Waals surface area contributed by atoms with Crippen molar-refractivity contribution in [2.24, 2.45) is 0 Å². The Morgan fingerprint density at radius 3 is 2.23 bits per heavy atom. The van der Waals surface area contributed by atoms with Crippen LogP contribution in [0.1, 0.15) is 43.7 Å². The molecule has 180 valence electrons. The molecule has 5 rings (SSSR count). The van der Waals surface area contributed by atoms with Crippen molar-refractivity contribution in [2.75, 3.05) is 36.0 Å². The highest BCUT2D eigenvalue weighted by Crippen LogP contribution is 2.31. The number of carbonyl (C=O) groups excluding carboxylic acids is 1. The van der Waals surface area contributed by atoms with Crippen molar-refractivity contribution in [1.29, 1.82) is 5.26 Å². The Kier molecular flexibility index (Phi) is 6.75. The number of nitrogens with zero attached hydrogens (tertiary/aromatic N) is 5. The zero-order valence-corrected chi connectivity index (χ0v) is 19.6. The van der Waals surface area contributed by atoms with Crippen LogP contribution in [0, 0.1) is 17.1 Å². The van der Waals surface area contributed by atoms with Gasteiger partial charge in [-0.3, -0.25) is 4.79 Å². The van der Waals surface area contributed by atoms with Crippen molar-refractivity contribution >= 4 is 28.5 Å². The summed E-state index contributed by atoms with van der Waals surface area (Å²) in [5.41, 5.74) is 2.66. The fraction of sp³-hybridized carbons (Fsp3) is 0.407. The predicted octanol–water partition coefficient (Wildman–Crippen LogP) is 4.58. The van der Waals surface area contributed by atoms with Gasteiger partial charge in [-0.25, -0.2) is 14.4 Å². The molecule has 2 fully saturated rings. The first-order chi connectivity index (χ1) is 17.1. The summed E-state index contributed by atoms with van der Waals surface area (Å²) in [6.45, 7) is 2.66. The molecular weight excluding hydrogens is 445 g/mol. The highest BCUT2D eigenvalue weighted by molar-refractivity contribution is 5.85. The number of aromatic nitrogens is 2. The van der Waals surface area contributed by atoms with Crippen LogP contribution < -0.4 is 9.80 Å². The Balaban J connectivity index is 1.41. The molecule has 1 aliphatic heterocycles. The molecule has 0 bridgehead atoms. The second kappa shape index (κ2) is 10.3. The zero-order valence-electron chi connectivity index (χ0n) is 19.6. The molecule has 2 aromatic carbocycles. The van der Waals surface area contributed by atoms with Crippen LogP contribution in [0.4, 0.5) is 15.9 Å². The number of anilines is 2. The van der Waals surface area contributed by atoms with E-state index in [1.54, 1.807) is 12.1 Å². The molecule has 0 radical (unpaired) electrons. The Morgan fingerprint density at radius 2 is 1.57 bits per heavy atom. The van der Waals surface area contributed by atoms with E-state index in [0.29, 0.717) is 48.7 Å². The van der Waals surface area contributed by atoms with Crippen molar-refractivity contribution in [3.63, 3.8) is 0 Å². The minimum Gasteiger partial charge on any atom is -0.461 e. The summed E-state index contributed by atoms with van der Waals surface area (Å²) in [5, 5.41) is 10.0. The van der Waals surface area contributed by atoms with Gasteiger partial charge in [0.2, 0.25) is 0 Å². The van der Waals surface area contributed by atoms with Gasteiger partial charge < -0.3 is 14.5 Å². The summed E-state index contributed by atoms with van der Waals surface area (Å²) in [5.74, 6) is -1.39. The van der Waals surface area contributed by atoms with Gasteiger partial charge >= 0.3 is 5.97 Å². The summed E-state index contributed by atoms with van der Waals surface area (Å²) in [6, 6.07) is 16.1. The first-order valence-corrected chi connectivity index (χ1v) is 12.2. The number of esters is 1. The number of nitriles is 1. The van der Waals surface area contributed by atoms with E-state index in [1.807, 2.05) is 24.3 Å².